The molecule has 0 aliphatic carbocycles. The monoisotopic (exact) mass is 200 g/mol. The molecule has 72 valence electrons. The van der Waals surface area contributed by atoms with Gasteiger partial charge in [0, 0.05) is 19.2 Å². The topological polar surface area (TPSA) is 51.0 Å². The molecule has 0 aromatic heterocycles. The molecule has 1 amide bonds. The van der Waals surface area contributed by atoms with Crippen LogP contribution in [0.2, 0.25) is 0 Å². The Morgan fingerprint density at radius 1 is 1.54 bits per heavy atom. The first kappa shape index (κ1) is 10.4. The maximum Gasteiger partial charge on any atom is 0.253 e. The summed E-state index contributed by atoms with van der Waals surface area (Å²) < 4.78 is 4.91. The number of rotatable bonds is 3. The molecule has 5 heteroatoms. The van der Waals surface area contributed by atoms with Crippen LogP contribution in [0.1, 0.15) is 12.8 Å². The van der Waals surface area contributed by atoms with Crippen molar-refractivity contribution < 1.29 is 9.53 Å². The Hall–Kier alpha value is -0.680. The summed E-state index contributed by atoms with van der Waals surface area (Å²) in [5.74, 6) is -0.106. The van der Waals surface area contributed by atoms with Gasteiger partial charge < -0.3 is 4.74 Å². The number of amides is 1. The van der Waals surface area contributed by atoms with E-state index >= 15 is 0 Å². The van der Waals surface area contributed by atoms with Gasteiger partial charge >= 0.3 is 0 Å². The average molecular weight is 200 g/mol. The van der Waals surface area contributed by atoms with E-state index in [4.69, 9.17) is 4.74 Å². The summed E-state index contributed by atoms with van der Waals surface area (Å²) in [5, 5.41) is 0.558. The predicted octanol–water partition coefficient (Wildman–Crippen LogP) is 1.11. The van der Waals surface area contributed by atoms with Crippen LogP contribution in [0.3, 0.4) is 0 Å². The van der Waals surface area contributed by atoms with Gasteiger partial charge in [-0.3, -0.25) is 4.79 Å². The Labute approximate surface area is 81.5 Å². The van der Waals surface area contributed by atoms with Gasteiger partial charge in [-0.2, -0.15) is 4.99 Å². The van der Waals surface area contributed by atoms with Crippen molar-refractivity contribution >= 4 is 28.5 Å². The van der Waals surface area contributed by atoms with Gasteiger partial charge in [-0.25, -0.2) is 4.99 Å². The first-order valence-electron chi connectivity index (χ1n) is 3.97. The van der Waals surface area contributed by atoms with Crippen LogP contribution in [0.4, 0.5) is 0 Å². The Morgan fingerprint density at radius 2 is 2.31 bits per heavy atom. The molecule has 0 bridgehead atoms. The lowest BCUT2D eigenvalue weighted by molar-refractivity contribution is -0.116. The molecule has 0 aromatic carbocycles. The highest BCUT2D eigenvalue weighted by molar-refractivity contribution is 8.13. The molecule has 0 spiro atoms. The minimum Gasteiger partial charge on any atom is -0.384 e. The zero-order valence-electron chi connectivity index (χ0n) is 7.74. The lowest BCUT2D eigenvalue weighted by Gasteiger charge is -2.08. The van der Waals surface area contributed by atoms with Gasteiger partial charge in [-0.05, 0) is 6.26 Å². The van der Waals surface area contributed by atoms with Gasteiger partial charge in [-0.1, -0.05) is 11.8 Å². The van der Waals surface area contributed by atoms with Crippen LogP contribution in [0.15, 0.2) is 9.98 Å². The molecule has 0 saturated heterocycles. The second-order valence-corrected chi connectivity index (χ2v) is 3.36. The lowest BCUT2D eigenvalue weighted by Crippen LogP contribution is -2.15. The Bertz CT molecular complexity index is 261. The third-order valence-corrected chi connectivity index (χ3v) is 2.15. The average Bonchev–Trinajstić information content (AvgIpc) is 2.14. The van der Waals surface area contributed by atoms with Crippen molar-refractivity contribution in [2.45, 2.75) is 12.8 Å². The fourth-order valence-corrected chi connectivity index (χ4v) is 1.39. The number of hydrogen-bond donors (Lipinski definition) is 0. The molecule has 4 nitrogen and oxygen atoms in total. The van der Waals surface area contributed by atoms with Crippen LogP contribution in [0.25, 0.3) is 0 Å². The fraction of sp³-hybridized carbons (Fsp3) is 0.625. The summed E-state index contributed by atoms with van der Waals surface area (Å²) >= 11 is 1.39. The molecule has 0 saturated carbocycles. The number of methoxy groups -OCH3 is 1. The number of nitrogens with zero attached hydrogens (tertiary/aromatic N) is 2. The molecule has 0 radical (unpaired) electrons. The molecule has 0 aromatic rings. The highest BCUT2D eigenvalue weighted by Crippen LogP contribution is 2.10. The van der Waals surface area contributed by atoms with Crippen molar-refractivity contribution in [1.29, 1.82) is 0 Å². The van der Waals surface area contributed by atoms with E-state index in [1.165, 1.54) is 11.8 Å². The summed E-state index contributed by atoms with van der Waals surface area (Å²) in [5.41, 5.74) is 0.867. The number of amidine groups is 1. The third kappa shape index (κ3) is 3.28. The number of ether oxygens (including phenoxy) is 1. The van der Waals surface area contributed by atoms with Crippen LogP contribution in [-0.4, -0.2) is 36.8 Å². The first-order valence-corrected chi connectivity index (χ1v) is 5.19. The minimum absolute atomic E-state index is 0.106. The fourth-order valence-electron chi connectivity index (χ4n) is 0.976. The molecular weight excluding hydrogens is 188 g/mol. The number of thioether (sulfide) groups is 1. The molecule has 0 atom stereocenters. The highest BCUT2D eigenvalue weighted by atomic mass is 32.2. The zero-order chi connectivity index (χ0) is 9.68. The van der Waals surface area contributed by atoms with Crippen LogP contribution < -0.4 is 0 Å². The van der Waals surface area contributed by atoms with Gasteiger partial charge in [0.25, 0.3) is 5.91 Å². The maximum absolute atomic E-state index is 11.1. The third-order valence-electron chi connectivity index (χ3n) is 1.61. The van der Waals surface area contributed by atoms with E-state index in [0.29, 0.717) is 24.6 Å². The molecule has 0 fully saturated rings. The summed E-state index contributed by atoms with van der Waals surface area (Å²) in [6, 6.07) is 0. The van der Waals surface area contributed by atoms with Gasteiger partial charge in [-0.15, -0.1) is 0 Å². The molecule has 1 rings (SSSR count). The Morgan fingerprint density at radius 3 is 2.92 bits per heavy atom. The zero-order valence-corrected chi connectivity index (χ0v) is 8.56. The molecule has 1 aliphatic rings. The largest absolute Gasteiger partial charge is 0.384 e. The van der Waals surface area contributed by atoms with E-state index in [9.17, 15) is 4.79 Å². The van der Waals surface area contributed by atoms with Crippen molar-refractivity contribution in [2.24, 2.45) is 9.98 Å². The minimum atomic E-state index is -0.106. The van der Waals surface area contributed by atoms with E-state index in [1.54, 1.807) is 7.11 Å². The molecule has 1 heterocycles. The number of carbonyl (C=O) groups is 1. The van der Waals surface area contributed by atoms with Crippen LogP contribution in [0, 0.1) is 0 Å². The van der Waals surface area contributed by atoms with Crippen LogP contribution in [-0.2, 0) is 9.53 Å². The molecule has 0 unspecified atom stereocenters. The highest BCUT2D eigenvalue weighted by Gasteiger charge is 2.14. The summed E-state index contributed by atoms with van der Waals surface area (Å²) in [4.78, 5) is 19.1. The van der Waals surface area contributed by atoms with Crippen molar-refractivity contribution in [1.82, 2.24) is 0 Å². The van der Waals surface area contributed by atoms with Gasteiger partial charge in [0.1, 0.15) is 0 Å². The number of carbonyl (C=O) groups excluding carboxylic acids is 1. The van der Waals surface area contributed by atoms with E-state index in [-0.39, 0.29) is 5.91 Å². The summed E-state index contributed by atoms with van der Waals surface area (Å²) in [6.45, 7) is 0.605. The van der Waals surface area contributed by atoms with Crippen molar-refractivity contribution in [3.05, 3.63) is 0 Å². The second-order valence-electron chi connectivity index (χ2n) is 2.59. The normalized spacial score (nSPS) is 16.9. The number of aliphatic imine (C=N–C) groups is 2. The second kappa shape index (κ2) is 5.14. The van der Waals surface area contributed by atoms with E-state index < -0.39 is 0 Å². The van der Waals surface area contributed by atoms with Crippen molar-refractivity contribution in [3.63, 3.8) is 0 Å². The number of hydrogen-bond acceptors (Lipinski definition) is 4. The standard InChI is InChI=1S/C8H12N2O2S/c1-12-4-3-6-5-7(11)10-8(9-6)13-2/h3-5H2,1-2H3. The first-order chi connectivity index (χ1) is 6.26. The maximum atomic E-state index is 11.1. The van der Waals surface area contributed by atoms with Crippen LogP contribution >= 0.6 is 11.8 Å². The predicted molar refractivity (Wildman–Crippen MR) is 54.5 cm³/mol. The molecular formula is C8H12N2O2S. The Kier molecular flexibility index (Phi) is 4.11. The lowest BCUT2D eigenvalue weighted by atomic mass is 10.2. The van der Waals surface area contributed by atoms with E-state index in [1.807, 2.05) is 6.26 Å². The van der Waals surface area contributed by atoms with Crippen molar-refractivity contribution in [2.75, 3.05) is 20.0 Å². The smallest absolute Gasteiger partial charge is 0.253 e. The van der Waals surface area contributed by atoms with Gasteiger partial charge in [0.2, 0.25) is 0 Å². The van der Waals surface area contributed by atoms with Gasteiger partial charge in [0.05, 0.1) is 13.0 Å². The quantitative estimate of drug-likeness (QED) is 0.685. The van der Waals surface area contributed by atoms with Crippen LogP contribution in [0.5, 0.6) is 0 Å². The van der Waals surface area contributed by atoms with Crippen molar-refractivity contribution in [3.8, 4) is 0 Å². The van der Waals surface area contributed by atoms with Gasteiger partial charge in [0.15, 0.2) is 5.17 Å². The molecule has 0 N–H and O–H groups in total. The Balaban J connectivity index is 2.59. The SMILES string of the molecule is COCCC1=NC(SC)=NC(=O)C1. The summed E-state index contributed by atoms with van der Waals surface area (Å²) in [6.07, 6.45) is 2.91. The summed E-state index contributed by atoms with van der Waals surface area (Å²) in [7, 11) is 1.63. The van der Waals surface area contributed by atoms with E-state index in [0.717, 1.165) is 5.71 Å². The van der Waals surface area contributed by atoms with E-state index in [2.05, 4.69) is 9.98 Å². The molecule has 1 aliphatic heterocycles. The molecule has 13 heavy (non-hydrogen) atoms.